The number of fused-ring (bicyclic) bond motifs is 1. The molecule has 2 rings (SSSR count). The Morgan fingerprint density at radius 2 is 1.74 bits per heavy atom. The fourth-order valence-corrected chi connectivity index (χ4v) is 2.88. The van der Waals surface area contributed by atoms with Crippen LogP contribution in [-0.2, 0) is 9.53 Å². The van der Waals surface area contributed by atoms with Gasteiger partial charge in [-0.1, -0.05) is 12.1 Å². The van der Waals surface area contributed by atoms with Gasteiger partial charge in [0.1, 0.15) is 17.0 Å². The minimum atomic E-state index is -4.97. The third kappa shape index (κ3) is 7.95. The van der Waals surface area contributed by atoms with Gasteiger partial charge in [0, 0.05) is 26.2 Å². The number of aliphatic imine (C=N–C) groups is 1. The van der Waals surface area contributed by atoms with E-state index in [0.717, 1.165) is 5.06 Å². The van der Waals surface area contributed by atoms with Gasteiger partial charge in [-0.3, -0.25) is 15.2 Å². The Bertz CT molecular complexity index is 890. The summed E-state index contributed by atoms with van der Waals surface area (Å²) in [5, 5.41) is 23.6. The zero-order valence-corrected chi connectivity index (χ0v) is 19.1. The second-order valence-electron chi connectivity index (χ2n) is 8.36. The highest BCUT2D eigenvalue weighted by Gasteiger charge is 2.38. The number of anilines is 2. The zero-order chi connectivity index (χ0) is 25.5. The smallest absolute Gasteiger partial charge is 0.444 e. The van der Waals surface area contributed by atoms with Gasteiger partial charge in [0.2, 0.25) is 5.96 Å². The molecular formula is C20H29F3N6O5. The molecule has 1 aliphatic heterocycles. The third-order valence-corrected chi connectivity index (χ3v) is 4.39. The van der Waals surface area contributed by atoms with Crippen molar-refractivity contribution in [1.29, 1.82) is 0 Å². The van der Waals surface area contributed by atoms with Crippen LogP contribution in [0, 0.1) is 0 Å². The Balaban J connectivity index is 1.92. The maximum atomic E-state index is 12.5. The van der Waals surface area contributed by atoms with Gasteiger partial charge in [0.05, 0.1) is 0 Å². The number of hydroxylamine groups is 1. The van der Waals surface area contributed by atoms with E-state index in [9.17, 15) is 33.2 Å². The fourth-order valence-electron chi connectivity index (χ4n) is 2.88. The molecule has 0 fully saturated rings. The molecule has 2 amide bonds. The molecule has 1 aliphatic rings. The summed E-state index contributed by atoms with van der Waals surface area (Å²) in [6.07, 6.45) is -5.22. The van der Waals surface area contributed by atoms with E-state index in [1.807, 2.05) is 0 Å². The topological polar surface area (TPSA) is 130 Å². The molecule has 0 unspecified atom stereocenters. The van der Waals surface area contributed by atoms with E-state index in [2.05, 4.69) is 10.4 Å². The second-order valence-corrected chi connectivity index (χ2v) is 8.36. The van der Waals surface area contributed by atoms with Gasteiger partial charge in [-0.15, -0.1) is 0 Å². The molecule has 0 atom stereocenters. The van der Waals surface area contributed by atoms with Crippen molar-refractivity contribution in [2.75, 3.05) is 36.4 Å². The lowest BCUT2D eigenvalue weighted by atomic mass is 10.2. The van der Waals surface area contributed by atoms with E-state index >= 15 is 0 Å². The number of hydrogen-bond acceptors (Lipinski definition) is 7. The molecule has 1 heterocycles. The van der Waals surface area contributed by atoms with Crippen LogP contribution >= 0.6 is 0 Å². The first-order valence-electron chi connectivity index (χ1n) is 10.5. The van der Waals surface area contributed by atoms with Gasteiger partial charge in [0.25, 0.3) is 0 Å². The van der Waals surface area contributed by atoms with Crippen LogP contribution in [0.5, 0.6) is 0 Å². The Labute approximate surface area is 194 Å². The molecule has 4 N–H and O–H groups in total. The average Bonchev–Trinajstić information content (AvgIpc) is 2.73. The average molecular weight is 490 g/mol. The summed E-state index contributed by atoms with van der Waals surface area (Å²) >= 11 is 0. The first-order chi connectivity index (χ1) is 15.8. The van der Waals surface area contributed by atoms with Crippen molar-refractivity contribution in [3.8, 4) is 0 Å². The highest BCUT2D eigenvalue weighted by Crippen LogP contribution is 2.29. The van der Waals surface area contributed by atoms with E-state index in [-0.39, 0.29) is 38.6 Å². The largest absolute Gasteiger partial charge is 0.471 e. The Hall–Kier alpha value is -3.26. The SMILES string of the molecule is CC(C)(C)OC(=O)N(CCCN=C1NN(O)c2ccccc2N1O)CCCNC(=O)C(F)(F)F. The molecule has 0 saturated carbocycles. The van der Waals surface area contributed by atoms with Crippen LogP contribution in [0.1, 0.15) is 33.6 Å². The molecule has 0 spiro atoms. The molecule has 0 aliphatic carbocycles. The number of nitrogens with one attached hydrogen (secondary N) is 2. The summed E-state index contributed by atoms with van der Waals surface area (Å²) in [5.74, 6) is -2.08. The zero-order valence-electron chi connectivity index (χ0n) is 19.1. The minimum Gasteiger partial charge on any atom is -0.444 e. The summed E-state index contributed by atoms with van der Waals surface area (Å²) in [7, 11) is 0. The monoisotopic (exact) mass is 490 g/mol. The van der Waals surface area contributed by atoms with Gasteiger partial charge < -0.3 is 15.0 Å². The number of carbonyl (C=O) groups excluding carboxylic acids is 2. The Morgan fingerprint density at radius 1 is 1.12 bits per heavy atom. The predicted molar refractivity (Wildman–Crippen MR) is 117 cm³/mol. The van der Waals surface area contributed by atoms with Crippen molar-refractivity contribution in [3.05, 3.63) is 24.3 Å². The number of rotatable bonds is 8. The number of alkyl halides is 3. The summed E-state index contributed by atoms with van der Waals surface area (Å²) in [6, 6.07) is 6.52. The summed E-state index contributed by atoms with van der Waals surface area (Å²) in [4.78, 5) is 28.9. The van der Waals surface area contributed by atoms with Crippen LogP contribution in [0.3, 0.4) is 0 Å². The molecule has 0 bridgehead atoms. The van der Waals surface area contributed by atoms with Gasteiger partial charge in [0.15, 0.2) is 0 Å². The maximum absolute atomic E-state index is 12.5. The number of benzene rings is 1. The van der Waals surface area contributed by atoms with Crippen molar-refractivity contribution < 1.29 is 37.9 Å². The van der Waals surface area contributed by atoms with Crippen molar-refractivity contribution >= 4 is 29.3 Å². The van der Waals surface area contributed by atoms with Crippen molar-refractivity contribution in [3.63, 3.8) is 0 Å². The number of ether oxygens (including phenoxy) is 1. The standard InChI is InChI=1S/C20H29F3N6O5/c1-19(2,3)34-18(31)27(12-6-10-24-16(30)20(21,22)23)13-7-11-25-17-26-29(33)15-9-5-4-8-14(15)28(17)32/h4-5,8-9,32-33H,6-7,10-13H2,1-3H3,(H,24,30)(H,25,26). The maximum Gasteiger partial charge on any atom is 0.471 e. The summed E-state index contributed by atoms with van der Waals surface area (Å²) < 4.78 is 42.2. The predicted octanol–water partition coefficient (Wildman–Crippen LogP) is 2.65. The number of nitrogens with zero attached hydrogens (tertiary/aromatic N) is 4. The Morgan fingerprint density at radius 3 is 2.35 bits per heavy atom. The van der Waals surface area contributed by atoms with E-state index in [1.54, 1.807) is 50.4 Å². The lowest BCUT2D eigenvalue weighted by molar-refractivity contribution is -0.173. The summed E-state index contributed by atoms with van der Waals surface area (Å²) in [5.41, 5.74) is 2.35. The number of hydrogen-bond donors (Lipinski definition) is 4. The normalized spacial score (nSPS) is 15.0. The first-order valence-corrected chi connectivity index (χ1v) is 10.5. The fraction of sp³-hybridized carbons (Fsp3) is 0.550. The third-order valence-electron chi connectivity index (χ3n) is 4.39. The minimum absolute atomic E-state index is 0.0418. The molecule has 0 radical (unpaired) electrons. The lowest BCUT2D eigenvalue weighted by Gasteiger charge is -2.32. The van der Waals surface area contributed by atoms with Crippen LogP contribution < -0.4 is 21.0 Å². The van der Waals surface area contributed by atoms with Crippen molar-refractivity contribution in [1.82, 2.24) is 15.6 Å². The van der Waals surface area contributed by atoms with Crippen LogP contribution in [0.2, 0.25) is 0 Å². The number of guanidine groups is 1. The number of amides is 2. The number of para-hydroxylation sites is 2. The highest BCUT2D eigenvalue weighted by atomic mass is 19.4. The number of hydrazine groups is 1. The molecule has 1 aromatic carbocycles. The van der Waals surface area contributed by atoms with Crippen LogP contribution in [0.4, 0.5) is 29.3 Å². The number of carbonyl (C=O) groups is 2. The van der Waals surface area contributed by atoms with Gasteiger partial charge >= 0.3 is 18.2 Å². The van der Waals surface area contributed by atoms with E-state index in [4.69, 9.17) is 4.74 Å². The molecule has 0 aromatic heterocycles. The van der Waals surface area contributed by atoms with E-state index < -0.39 is 23.8 Å². The molecule has 34 heavy (non-hydrogen) atoms. The quantitative estimate of drug-likeness (QED) is 0.409. The van der Waals surface area contributed by atoms with E-state index in [0.29, 0.717) is 23.0 Å². The number of halogens is 3. The molecule has 14 heteroatoms. The first kappa shape index (κ1) is 27.0. The second kappa shape index (κ2) is 11.2. The molecule has 190 valence electrons. The molecule has 0 saturated heterocycles. The van der Waals surface area contributed by atoms with Gasteiger partial charge in [-0.05, 0) is 45.7 Å². The van der Waals surface area contributed by atoms with Crippen LogP contribution in [-0.4, -0.2) is 71.2 Å². The molecular weight excluding hydrogens is 461 g/mol. The van der Waals surface area contributed by atoms with Crippen molar-refractivity contribution in [2.45, 2.75) is 45.4 Å². The highest BCUT2D eigenvalue weighted by molar-refractivity contribution is 6.00. The van der Waals surface area contributed by atoms with Crippen LogP contribution in [0.25, 0.3) is 0 Å². The van der Waals surface area contributed by atoms with Crippen molar-refractivity contribution in [2.24, 2.45) is 4.99 Å². The Kier molecular flexibility index (Phi) is 8.93. The van der Waals surface area contributed by atoms with Gasteiger partial charge in [-0.25, -0.2) is 15.2 Å². The molecule has 1 aromatic rings. The van der Waals surface area contributed by atoms with Gasteiger partial charge in [-0.2, -0.15) is 23.4 Å². The molecule has 11 nitrogen and oxygen atoms in total. The van der Waals surface area contributed by atoms with Crippen LogP contribution in [0.15, 0.2) is 29.3 Å². The lowest BCUT2D eigenvalue weighted by Crippen LogP contribution is -2.52. The van der Waals surface area contributed by atoms with E-state index in [1.165, 1.54) is 4.90 Å². The summed E-state index contributed by atoms with van der Waals surface area (Å²) in [6.45, 7) is 5.12.